The molecule has 0 aliphatic carbocycles. The maximum absolute atomic E-state index is 9.92. The molecule has 3 atom stereocenters. The summed E-state index contributed by atoms with van der Waals surface area (Å²) in [6, 6.07) is 21.4. The normalized spacial score (nSPS) is 21.6. The molecule has 128 valence electrons. The molecule has 0 saturated carbocycles. The minimum absolute atomic E-state index is 0.0402. The number of rotatable bonds is 6. The third kappa shape index (κ3) is 4.15. The Kier molecular flexibility index (Phi) is 5.97. The summed E-state index contributed by atoms with van der Waals surface area (Å²) in [6.45, 7) is 1.03. The van der Waals surface area contributed by atoms with E-state index in [1.54, 1.807) is 0 Å². The zero-order valence-corrected chi connectivity index (χ0v) is 14.0. The zero-order valence-electron chi connectivity index (χ0n) is 14.0. The number of aliphatic hydroxyl groups is 1. The second-order valence-corrected chi connectivity index (χ2v) is 6.07. The van der Waals surface area contributed by atoms with Crippen LogP contribution in [0.1, 0.15) is 17.2 Å². The van der Waals surface area contributed by atoms with Crippen LogP contribution in [0, 0.1) is 11.3 Å². The summed E-state index contributed by atoms with van der Waals surface area (Å²) < 4.78 is 6.00. The fourth-order valence-electron chi connectivity index (χ4n) is 3.18. The number of nitrogens with zero attached hydrogens (tertiary/aromatic N) is 2. The quantitative estimate of drug-likeness (QED) is 0.825. The Labute approximate surface area is 148 Å². The number of benzene rings is 2. The molecule has 4 heteroatoms. The Morgan fingerprint density at radius 2 is 1.80 bits per heavy atom. The second-order valence-electron chi connectivity index (χ2n) is 6.07. The van der Waals surface area contributed by atoms with Gasteiger partial charge < -0.3 is 9.84 Å². The minimum atomic E-state index is -0.439. The molecule has 0 unspecified atom stereocenters. The van der Waals surface area contributed by atoms with Gasteiger partial charge in [-0.1, -0.05) is 72.8 Å². The Hall–Kier alpha value is -2.45. The molecule has 25 heavy (non-hydrogen) atoms. The lowest BCUT2D eigenvalue weighted by Crippen LogP contribution is -2.48. The van der Waals surface area contributed by atoms with Crippen LogP contribution in [-0.4, -0.2) is 35.3 Å². The minimum Gasteiger partial charge on any atom is -0.394 e. The van der Waals surface area contributed by atoms with Crippen molar-refractivity contribution in [3.05, 3.63) is 83.9 Å². The van der Waals surface area contributed by atoms with Crippen molar-refractivity contribution in [2.75, 3.05) is 13.2 Å². The van der Waals surface area contributed by atoms with Crippen molar-refractivity contribution < 1.29 is 9.84 Å². The van der Waals surface area contributed by atoms with Crippen molar-refractivity contribution in [3.63, 3.8) is 0 Å². The lowest BCUT2D eigenvalue weighted by atomic mass is 9.99. The predicted molar refractivity (Wildman–Crippen MR) is 96.5 cm³/mol. The molecule has 0 saturated heterocycles. The molecular formula is C21H22N2O2. The molecule has 1 heterocycles. The monoisotopic (exact) mass is 334 g/mol. The molecule has 1 N–H and O–H groups in total. The lowest BCUT2D eigenvalue weighted by molar-refractivity contribution is -0.00431. The number of hydrogen-bond donors (Lipinski definition) is 1. The summed E-state index contributed by atoms with van der Waals surface area (Å²) in [7, 11) is 0. The van der Waals surface area contributed by atoms with E-state index < -0.39 is 6.04 Å². The maximum atomic E-state index is 9.92. The molecule has 4 nitrogen and oxygen atoms in total. The number of hydrogen-bond acceptors (Lipinski definition) is 4. The van der Waals surface area contributed by atoms with Crippen LogP contribution in [0.2, 0.25) is 0 Å². The van der Waals surface area contributed by atoms with E-state index in [0.29, 0.717) is 13.2 Å². The molecule has 2 aromatic rings. The van der Waals surface area contributed by atoms with Gasteiger partial charge in [0.05, 0.1) is 25.3 Å². The van der Waals surface area contributed by atoms with Crippen LogP contribution in [0.3, 0.4) is 0 Å². The summed E-state index contributed by atoms with van der Waals surface area (Å²) in [6.07, 6.45) is 3.64. The SMILES string of the molecule is N#C[C@@H]1[C@@H](OCc2ccccc2)C=CCN1[C@@H](CO)c1ccccc1. The molecule has 0 aromatic heterocycles. The average Bonchev–Trinajstić information content (AvgIpc) is 2.68. The molecule has 0 fully saturated rings. The summed E-state index contributed by atoms with van der Waals surface area (Å²) in [4.78, 5) is 2.00. The van der Waals surface area contributed by atoms with Crippen molar-refractivity contribution in [1.29, 1.82) is 5.26 Å². The fourth-order valence-corrected chi connectivity index (χ4v) is 3.18. The van der Waals surface area contributed by atoms with Gasteiger partial charge in [-0.15, -0.1) is 0 Å². The van der Waals surface area contributed by atoms with E-state index in [4.69, 9.17) is 4.74 Å². The highest BCUT2D eigenvalue weighted by Gasteiger charge is 2.34. The predicted octanol–water partition coefficient (Wildman–Crippen LogP) is 3.07. The lowest BCUT2D eigenvalue weighted by Gasteiger charge is -2.38. The molecule has 0 radical (unpaired) electrons. The van der Waals surface area contributed by atoms with E-state index in [1.165, 1.54) is 0 Å². The summed E-state index contributed by atoms with van der Waals surface area (Å²) in [5, 5.41) is 19.7. The van der Waals surface area contributed by atoms with Crippen LogP contribution in [0.5, 0.6) is 0 Å². The number of aliphatic hydroxyl groups excluding tert-OH is 1. The third-order valence-electron chi connectivity index (χ3n) is 4.49. The number of nitriles is 1. The Morgan fingerprint density at radius 1 is 1.12 bits per heavy atom. The van der Waals surface area contributed by atoms with Gasteiger partial charge in [0.15, 0.2) is 0 Å². The van der Waals surface area contributed by atoms with Gasteiger partial charge in [0.25, 0.3) is 0 Å². The molecule has 2 aromatic carbocycles. The smallest absolute Gasteiger partial charge is 0.129 e. The van der Waals surface area contributed by atoms with Crippen molar-refractivity contribution in [2.45, 2.75) is 24.8 Å². The van der Waals surface area contributed by atoms with E-state index in [-0.39, 0.29) is 18.8 Å². The fraction of sp³-hybridized carbons (Fsp3) is 0.286. The molecule has 1 aliphatic rings. The average molecular weight is 334 g/mol. The highest BCUT2D eigenvalue weighted by atomic mass is 16.5. The van der Waals surface area contributed by atoms with Gasteiger partial charge in [0.1, 0.15) is 12.1 Å². The van der Waals surface area contributed by atoms with Crippen LogP contribution in [-0.2, 0) is 11.3 Å². The maximum Gasteiger partial charge on any atom is 0.129 e. The van der Waals surface area contributed by atoms with Gasteiger partial charge in [-0.3, -0.25) is 4.90 Å². The van der Waals surface area contributed by atoms with Gasteiger partial charge in [-0.25, -0.2) is 0 Å². The summed E-state index contributed by atoms with van der Waals surface area (Å²) >= 11 is 0. The van der Waals surface area contributed by atoms with Crippen molar-refractivity contribution in [3.8, 4) is 6.07 Å². The van der Waals surface area contributed by atoms with Crippen molar-refractivity contribution in [1.82, 2.24) is 4.90 Å². The van der Waals surface area contributed by atoms with Crippen molar-refractivity contribution in [2.24, 2.45) is 0 Å². The van der Waals surface area contributed by atoms with Gasteiger partial charge in [0, 0.05) is 6.54 Å². The summed E-state index contributed by atoms with van der Waals surface area (Å²) in [5.41, 5.74) is 2.08. The standard InChI is InChI=1S/C21H22N2O2/c22-14-19-21(25-16-17-8-3-1-4-9-17)12-7-13-23(19)20(15-24)18-10-5-2-6-11-18/h1-12,19-21,24H,13,15-16H2/t19-,20+,21+/m1/s1. The van der Waals surface area contributed by atoms with E-state index in [9.17, 15) is 10.4 Å². The van der Waals surface area contributed by atoms with Crippen molar-refractivity contribution >= 4 is 0 Å². The molecule has 1 aliphatic heterocycles. The van der Waals surface area contributed by atoms with Crippen LogP contribution >= 0.6 is 0 Å². The first-order valence-electron chi connectivity index (χ1n) is 8.47. The molecule has 0 bridgehead atoms. The molecule has 3 rings (SSSR count). The van der Waals surface area contributed by atoms with Gasteiger partial charge in [0.2, 0.25) is 0 Å². The first-order valence-corrected chi connectivity index (χ1v) is 8.47. The topological polar surface area (TPSA) is 56.5 Å². The Bertz CT molecular complexity index is 725. The first kappa shape index (κ1) is 17.4. The highest BCUT2D eigenvalue weighted by Crippen LogP contribution is 2.27. The second kappa shape index (κ2) is 8.59. The van der Waals surface area contributed by atoms with Crippen LogP contribution in [0.25, 0.3) is 0 Å². The first-order chi connectivity index (χ1) is 12.3. The van der Waals surface area contributed by atoms with Crippen LogP contribution in [0.15, 0.2) is 72.8 Å². The van der Waals surface area contributed by atoms with E-state index >= 15 is 0 Å². The summed E-state index contributed by atoms with van der Waals surface area (Å²) in [5.74, 6) is 0. The Morgan fingerprint density at radius 3 is 2.44 bits per heavy atom. The number of ether oxygens (including phenoxy) is 1. The largest absolute Gasteiger partial charge is 0.394 e. The Balaban J connectivity index is 1.75. The van der Waals surface area contributed by atoms with Crippen LogP contribution in [0.4, 0.5) is 0 Å². The molecule has 0 amide bonds. The van der Waals surface area contributed by atoms with Crippen LogP contribution < -0.4 is 0 Å². The van der Waals surface area contributed by atoms with E-state index in [1.807, 2.05) is 77.7 Å². The zero-order chi connectivity index (χ0) is 17.5. The molecule has 0 spiro atoms. The van der Waals surface area contributed by atoms with Gasteiger partial charge in [-0.2, -0.15) is 5.26 Å². The van der Waals surface area contributed by atoms with Gasteiger partial charge in [-0.05, 0) is 11.1 Å². The third-order valence-corrected chi connectivity index (χ3v) is 4.49. The van der Waals surface area contributed by atoms with E-state index in [2.05, 4.69) is 6.07 Å². The molecular weight excluding hydrogens is 312 g/mol. The van der Waals surface area contributed by atoms with Gasteiger partial charge >= 0.3 is 0 Å². The van der Waals surface area contributed by atoms with E-state index in [0.717, 1.165) is 11.1 Å². The highest BCUT2D eigenvalue weighted by molar-refractivity contribution is 5.23.